The molecule has 3 aromatic heterocycles. The Morgan fingerprint density at radius 2 is 1.93 bits per heavy atom. The second-order valence-electron chi connectivity index (χ2n) is 9.24. The molecule has 13 heteroatoms. The van der Waals surface area contributed by atoms with Crippen molar-refractivity contribution in [3.05, 3.63) is 78.4 Å². The van der Waals surface area contributed by atoms with Crippen LogP contribution in [0.25, 0.3) is 11.3 Å². The van der Waals surface area contributed by atoms with Crippen LogP contribution in [0.5, 0.6) is 11.6 Å². The van der Waals surface area contributed by atoms with Crippen LogP contribution in [0.2, 0.25) is 0 Å². The number of nitrogens with two attached hydrogens (primary N) is 1. The molecular formula is C27H29FN6O5S. The van der Waals surface area contributed by atoms with Gasteiger partial charge in [0.25, 0.3) is 15.9 Å². The summed E-state index contributed by atoms with van der Waals surface area (Å²) in [7, 11) is -4.34. The van der Waals surface area contributed by atoms with Gasteiger partial charge in [-0.05, 0) is 48.4 Å². The van der Waals surface area contributed by atoms with E-state index >= 15 is 0 Å². The van der Waals surface area contributed by atoms with E-state index < -0.39 is 26.8 Å². The maximum Gasteiger partial charge on any atom is 0.281 e. The van der Waals surface area contributed by atoms with E-state index in [-0.39, 0.29) is 29.8 Å². The number of rotatable bonds is 12. The summed E-state index contributed by atoms with van der Waals surface area (Å²) >= 11 is 0. The summed E-state index contributed by atoms with van der Waals surface area (Å²) in [5.41, 5.74) is 6.15. The van der Waals surface area contributed by atoms with E-state index in [1.165, 1.54) is 42.5 Å². The summed E-state index contributed by atoms with van der Waals surface area (Å²) in [6.07, 6.45) is 3.98. The number of hydrogen-bond acceptors (Lipinski definition) is 9. The third-order valence-corrected chi connectivity index (χ3v) is 6.66. The number of nitrogens with zero attached hydrogens (tertiary/aromatic N) is 4. The molecule has 40 heavy (non-hydrogen) atoms. The van der Waals surface area contributed by atoms with Crippen LogP contribution in [0, 0.1) is 11.7 Å². The van der Waals surface area contributed by atoms with Gasteiger partial charge in [0.1, 0.15) is 22.9 Å². The van der Waals surface area contributed by atoms with Crippen LogP contribution in [0.1, 0.15) is 30.6 Å². The van der Waals surface area contributed by atoms with E-state index in [2.05, 4.69) is 15.1 Å². The largest absolute Gasteiger partial charge is 0.493 e. The molecule has 0 aliphatic carbocycles. The lowest BCUT2D eigenvalue weighted by atomic mass is 10.1. The predicted octanol–water partition coefficient (Wildman–Crippen LogP) is 3.68. The number of amides is 1. The van der Waals surface area contributed by atoms with Gasteiger partial charge < -0.3 is 15.2 Å². The molecule has 0 saturated carbocycles. The van der Waals surface area contributed by atoms with Gasteiger partial charge in [-0.3, -0.25) is 9.48 Å². The lowest BCUT2D eigenvalue weighted by Gasteiger charge is -2.14. The van der Waals surface area contributed by atoms with Crippen molar-refractivity contribution in [2.75, 3.05) is 18.9 Å². The second-order valence-corrected chi connectivity index (χ2v) is 10.9. The fourth-order valence-corrected chi connectivity index (χ4v) is 4.52. The lowest BCUT2D eigenvalue weighted by Crippen LogP contribution is -2.31. The minimum atomic E-state index is -4.34. The Morgan fingerprint density at radius 3 is 2.65 bits per heavy atom. The highest BCUT2D eigenvalue weighted by atomic mass is 32.2. The van der Waals surface area contributed by atoms with E-state index in [9.17, 15) is 17.6 Å². The van der Waals surface area contributed by atoms with Crippen molar-refractivity contribution in [2.24, 2.45) is 5.92 Å². The van der Waals surface area contributed by atoms with Gasteiger partial charge >= 0.3 is 0 Å². The molecule has 0 radical (unpaired) electrons. The summed E-state index contributed by atoms with van der Waals surface area (Å²) in [6, 6.07) is 12.8. The van der Waals surface area contributed by atoms with E-state index in [0.717, 1.165) is 0 Å². The van der Waals surface area contributed by atoms with E-state index in [1.807, 2.05) is 18.6 Å². The van der Waals surface area contributed by atoms with Gasteiger partial charge in [0, 0.05) is 37.0 Å². The number of aromatic nitrogens is 4. The predicted molar refractivity (Wildman–Crippen MR) is 146 cm³/mol. The molecule has 3 N–H and O–H groups in total. The second kappa shape index (κ2) is 12.6. The van der Waals surface area contributed by atoms with Crippen LogP contribution in [0.4, 0.5) is 10.2 Å². The quantitative estimate of drug-likeness (QED) is 0.244. The number of halogens is 1. The molecule has 0 fully saturated rings. The van der Waals surface area contributed by atoms with E-state index in [4.69, 9.17) is 15.2 Å². The van der Waals surface area contributed by atoms with E-state index in [1.54, 1.807) is 29.2 Å². The average Bonchev–Trinajstić information content (AvgIpc) is 3.43. The first-order valence-electron chi connectivity index (χ1n) is 12.5. The standard InChI is InChI=1S/C27H29FN6O5S/c1-18(2)17-39-21-15-19(14-20(28)16-21)23-9-8-22(27(31-23)38-13-5-12-34-11-4-10-30-34)26(35)33-40(36,37)25-7-3-6-24(29)32-25/h3-4,6-11,14-16,18H,5,12-13,17H2,1-2H3,(H2,29,32)(H,33,35). The number of nitrogen functional groups attached to an aromatic ring is 1. The Labute approximate surface area is 231 Å². The SMILES string of the molecule is CC(C)COc1cc(F)cc(-c2ccc(C(=O)NS(=O)(=O)c3cccc(N)n3)c(OCCCn3cccn3)n2)c1. The first-order valence-corrected chi connectivity index (χ1v) is 13.9. The number of benzene rings is 1. The number of carbonyl (C=O) groups is 1. The Hall–Kier alpha value is -4.52. The number of anilines is 1. The summed E-state index contributed by atoms with van der Waals surface area (Å²) in [4.78, 5) is 21.3. The third kappa shape index (κ3) is 7.53. The molecule has 0 unspecified atom stereocenters. The molecule has 3 heterocycles. The first kappa shape index (κ1) is 28.5. The molecule has 0 aliphatic heterocycles. The summed E-state index contributed by atoms with van der Waals surface area (Å²) in [5.74, 6) is -1.08. The van der Waals surface area contributed by atoms with Gasteiger partial charge in [-0.15, -0.1) is 0 Å². The molecule has 0 bridgehead atoms. The maximum atomic E-state index is 14.4. The Balaban J connectivity index is 1.62. The number of aryl methyl sites for hydroxylation is 1. The minimum Gasteiger partial charge on any atom is -0.493 e. The van der Waals surface area contributed by atoms with Crippen LogP contribution >= 0.6 is 0 Å². The fourth-order valence-electron chi connectivity index (χ4n) is 3.58. The van der Waals surface area contributed by atoms with Crippen molar-refractivity contribution in [1.29, 1.82) is 0 Å². The van der Waals surface area contributed by atoms with Crippen LogP contribution in [0.3, 0.4) is 0 Å². The van der Waals surface area contributed by atoms with Gasteiger partial charge in [-0.25, -0.2) is 19.1 Å². The highest BCUT2D eigenvalue weighted by Gasteiger charge is 2.24. The molecule has 0 atom stereocenters. The first-order chi connectivity index (χ1) is 19.1. The van der Waals surface area contributed by atoms with Crippen molar-refractivity contribution in [1.82, 2.24) is 24.5 Å². The Bertz CT molecular complexity index is 1580. The Morgan fingerprint density at radius 1 is 1.10 bits per heavy atom. The number of ether oxygens (including phenoxy) is 2. The Kier molecular flexibility index (Phi) is 8.94. The molecule has 0 aliphatic rings. The van der Waals surface area contributed by atoms with Gasteiger partial charge in [-0.2, -0.15) is 13.5 Å². The highest BCUT2D eigenvalue weighted by Crippen LogP contribution is 2.28. The smallest absolute Gasteiger partial charge is 0.281 e. The van der Waals surface area contributed by atoms with Gasteiger partial charge in [-0.1, -0.05) is 19.9 Å². The van der Waals surface area contributed by atoms with E-state index in [0.29, 0.717) is 36.6 Å². The number of pyridine rings is 2. The van der Waals surface area contributed by atoms with Crippen LogP contribution in [-0.2, 0) is 16.6 Å². The lowest BCUT2D eigenvalue weighted by molar-refractivity contribution is 0.0976. The fraction of sp³-hybridized carbons (Fsp3) is 0.259. The monoisotopic (exact) mass is 568 g/mol. The number of hydrogen-bond donors (Lipinski definition) is 2. The number of carbonyl (C=O) groups excluding carboxylic acids is 1. The molecule has 0 spiro atoms. The van der Waals surface area contributed by atoms with Gasteiger partial charge in [0.15, 0.2) is 5.03 Å². The van der Waals surface area contributed by atoms with Crippen LogP contribution in [0.15, 0.2) is 72.0 Å². The van der Waals surface area contributed by atoms with Gasteiger partial charge in [0.2, 0.25) is 5.88 Å². The van der Waals surface area contributed by atoms with Crippen molar-refractivity contribution in [2.45, 2.75) is 31.8 Å². The zero-order chi connectivity index (χ0) is 28.7. The maximum absolute atomic E-state index is 14.4. The molecule has 1 aromatic carbocycles. The number of sulfonamides is 1. The normalized spacial score (nSPS) is 11.4. The molecular weight excluding hydrogens is 539 g/mol. The number of nitrogens with one attached hydrogen (secondary N) is 1. The zero-order valence-electron chi connectivity index (χ0n) is 22.0. The summed E-state index contributed by atoms with van der Waals surface area (Å²) in [5, 5.41) is 3.71. The summed E-state index contributed by atoms with van der Waals surface area (Å²) in [6.45, 7) is 5.04. The molecule has 210 valence electrons. The molecule has 0 saturated heterocycles. The minimum absolute atomic E-state index is 0.0191. The molecule has 4 aromatic rings. The highest BCUT2D eigenvalue weighted by molar-refractivity contribution is 7.90. The summed E-state index contributed by atoms with van der Waals surface area (Å²) < 4.78 is 55.1. The van der Waals surface area contributed by atoms with Crippen molar-refractivity contribution in [3.8, 4) is 22.9 Å². The average molecular weight is 569 g/mol. The van der Waals surface area contributed by atoms with Gasteiger partial charge in [0.05, 0.1) is 18.9 Å². The topological polar surface area (TPSA) is 151 Å². The molecule has 1 amide bonds. The van der Waals surface area contributed by atoms with Crippen LogP contribution < -0.4 is 19.9 Å². The van der Waals surface area contributed by atoms with Crippen LogP contribution in [-0.4, -0.2) is 47.3 Å². The molecule has 11 nitrogen and oxygen atoms in total. The van der Waals surface area contributed by atoms with Crippen molar-refractivity contribution in [3.63, 3.8) is 0 Å². The zero-order valence-corrected chi connectivity index (χ0v) is 22.8. The van der Waals surface area contributed by atoms with Crippen molar-refractivity contribution < 1.29 is 27.1 Å². The van der Waals surface area contributed by atoms with Crippen molar-refractivity contribution >= 4 is 21.7 Å². The molecule has 4 rings (SSSR count). The third-order valence-electron chi connectivity index (χ3n) is 5.43.